The van der Waals surface area contributed by atoms with E-state index in [1.807, 2.05) is 6.07 Å². The van der Waals surface area contributed by atoms with Crippen LogP contribution in [-0.4, -0.2) is 40.8 Å². The van der Waals surface area contributed by atoms with Crippen molar-refractivity contribution >= 4 is 38.9 Å². The second-order valence-electron chi connectivity index (χ2n) is 5.79. The molecule has 2 rings (SSSR count). The van der Waals surface area contributed by atoms with Crippen molar-refractivity contribution in [2.24, 2.45) is 0 Å². The molecule has 0 unspecified atom stereocenters. The summed E-state index contributed by atoms with van der Waals surface area (Å²) in [5, 5.41) is 0.259. The first-order valence-electron chi connectivity index (χ1n) is 7.82. The maximum Gasteiger partial charge on any atom is 0.250 e. The van der Waals surface area contributed by atoms with Gasteiger partial charge in [0.15, 0.2) is 0 Å². The number of rotatable bonds is 6. The Hall–Kier alpha value is -2.25. The Morgan fingerprint density at radius 2 is 1.73 bits per heavy atom. The first-order valence-corrected chi connectivity index (χ1v) is 10.0. The molecule has 0 heterocycles. The second kappa shape index (κ2) is 7.97. The Labute approximate surface area is 159 Å². The minimum atomic E-state index is -3.73. The van der Waals surface area contributed by atoms with Crippen molar-refractivity contribution in [1.82, 2.24) is 0 Å². The molecule has 6 nitrogen and oxygen atoms in total. The standard InChI is InChI=1S/C18H21ClN2O4S/c1-13(18(22)20(2)14-8-6-5-7-9-14)21(26(4,23)24)15-10-11-17(25-3)16(19)12-15/h5-13H,1-4H3/t13-/m1/s1. The van der Waals surface area contributed by atoms with Gasteiger partial charge in [-0.2, -0.15) is 0 Å². The number of ether oxygens (including phenoxy) is 1. The number of hydrogen-bond acceptors (Lipinski definition) is 4. The third kappa shape index (κ3) is 4.28. The lowest BCUT2D eigenvalue weighted by molar-refractivity contribution is -0.119. The highest BCUT2D eigenvalue weighted by Gasteiger charge is 2.31. The summed E-state index contributed by atoms with van der Waals surface area (Å²) in [6.07, 6.45) is 1.05. The third-order valence-electron chi connectivity index (χ3n) is 3.93. The van der Waals surface area contributed by atoms with E-state index in [4.69, 9.17) is 16.3 Å². The van der Waals surface area contributed by atoms with E-state index in [2.05, 4.69) is 0 Å². The third-order valence-corrected chi connectivity index (χ3v) is 5.47. The van der Waals surface area contributed by atoms with Crippen LogP contribution in [0.25, 0.3) is 0 Å². The first kappa shape index (κ1) is 20.1. The van der Waals surface area contributed by atoms with Crippen molar-refractivity contribution < 1.29 is 17.9 Å². The summed E-state index contributed by atoms with van der Waals surface area (Å²) in [5.74, 6) is 0.0535. The number of halogens is 1. The molecule has 2 aromatic rings. The van der Waals surface area contributed by atoms with Gasteiger partial charge in [0.1, 0.15) is 11.8 Å². The molecule has 1 atom stereocenters. The molecule has 0 spiro atoms. The van der Waals surface area contributed by atoms with Crippen LogP contribution >= 0.6 is 11.6 Å². The van der Waals surface area contributed by atoms with E-state index in [1.165, 1.54) is 18.1 Å². The van der Waals surface area contributed by atoms with Crippen molar-refractivity contribution in [2.45, 2.75) is 13.0 Å². The fourth-order valence-corrected chi connectivity index (χ4v) is 4.07. The Kier molecular flexibility index (Phi) is 6.15. The average molecular weight is 397 g/mol. The highest BCUT2D eigenvalue weighted by atomic mass is 35.5. The summed E-state index contributed by atoms with van der Waals surface area (Å²) in [6, 6.07) is 12.6. The molecule has 0 saturated carbocycles. The molecular formula is C18H21ClN2O4S. The zero-order chi connectivity index (χ0) is 19.5. The van der Waals surface area contributed by atoms with Gasteiger partial charge in [0.2, 0.25) is 15.9 Å². The number of carbonyl (C=O) groups excluding carboxylic acids is 1. The van der Waals surface area contributed by atoms with Crippen LogP contribution in [0.3, 0.4) is 0 Å². The molecule has 26 heavy (non-hydrogen) atoms. The fraction of sp³-hybridized carbons (Fsp3) is 0.278. The minimum absolute atomic E-state index is 0.259. The monoisotopic (exact) mass is 396 g/mol. The van der Waals surface area contributed by atoms with Gasteiger partial charge < -0.3 is 9.64 Å². The average Bonchev–Trinajstić information content (AvgIpc) is 2.60. The van der Waals surface area contributed by atoms with E-state index in [0.717, 1.165) is 10.6 Å². The lowest BCUT2D eigenvalue weighted by Gasteiger charge is -2.31. The molecule has 2 aromatic carbocycles. The summed E-state index contributed by atoms with van der Waals surface area (Å²) >= 11 is 6.12. The number of methoxy groups -OCH3 is 1. The van der Waals surface area contributed by atoms with Gasteiger partial charge in [-0.15, -0.1) is 0 Å². The van der Waals surface area contributed by atoms with Crippen LogP contribution in [0, 0.1) is 0 Å². The number of anilines is 2. The van der Waals surface area contributed by atoms with Gasteiger partial charge in [0.05, 0.1) is 24.1 Å². The lowest BCUT2D eigenvalue weighted by atomic mass is 10.2. The summed E-state index contributed by atoms with van der Waals surface area (Å²) in [5.41, 5.74) is 0.964. The Bertz CT molecular complexity index is 887. The molecule has 8 heteroatoms. The van der Waals surface area contributed by atoms with Crippen molar-refractivity contribution in [1.29, 1.82) is 0 Å². The van der Waals surface area contributed by atoms with Gasteiger partial charge in [-0.05, 0) is 37.3 Å². The minimum Gasteiger partial charge on any atom is -0.495 e. The zero-order valence-corrected chi connectivity index (χ0v) is 16.6. The van der Waals surface area contributed by atoms with Crippen LogP contribution in [0.4, 0.5) is 11.4 Å². The second-order valence-corrected chi connectivity index (χ2v) is 8.05. The SMILES string of the molecule is COc1ccc(N([C@H](C)C(=O)N(C)c2ccccc2)S(C)(=O)=O)cc1Cl. The highest BCUT2D eigenvalue weighted by molar-refractivity contribution is 7.92. The smallest absolute Gasteiger partial charge is 0.250 e. The number of carbonyl (C=O) groups is 1. The normalized spacial score (nSPS) is 12.3. The number of nitrogens with zero attached hydrogens (tertiary/aromatic N) is 2. The Morgan fingerprint density at radius 1 is 1.12 bits per heavy atom. The van der Waals surface area contributed by atoms with Gasteiger partial charge in [-0.3, -0.25) is 9.10 Å². The summed E-state index contributed by atoms with van der Waals surface area (Å²) in [7, 11) is -0.653. The fourth-order valence-electron chi connectivity index (χ4n) is 2.65. The number of benzene rings is 2. The zero-order valence-electron chi connectivity index (χ0n) is 15.0. The molecule has 0 aliphatic rings. The van der Waals surface area contributed by atoms with Crippen LogP contribution in [0.5, 0.6) is 5.75 Å². The maximum atomic E-state index is 12.9. The van der Waals surface area contributed by atoms with Crippen LogP contribution in [0.1, 0.15) is 6.92 Å². The number of sulfonamides is 1. The molecule has 0 N–H and O–H groups in total. The molecule has 0 aliphatic carbocycles. The van der Waals surface area contributed by atoms with E-state index in [-0.39, 0.29) is 10.9 Å². The van der Waals surface area contributed by atoms with Crippen molar-refractivity contribution in [3.8, 4) is 5.75 Å². The Morgan fingerprint density at radius 3 is 2.23 bits per heavy atom. The van der Waals surface area contributed by atoms with Crippen molar-refractivity contribution in [3.63, 3.8) is 0 Å². The van der Waals surface area contributed by atoms with Gasteiger partial charge in [0, 0.05) is 12.7 Å². The topological polar surface area (TPSA) is 66.9 Å². The molecule has 0 aliphatic heterocycles. The Balaban J connectivity index is 2.41. The summed E-state index contributed by atoms with van der Waals surface area (Å²) < 4.78 is 30.9. The van der Waals surface area contributed by atoms with Crippen LogP contribution in [0.2, 0.25) is 5.02 Å². The summed E-state index contributed by atoms with van der Waals surface area (Å²) in [6.45, 7) is 1.54. The number of para-hydroxylation sites is 1. The van der Waals surface area contributed by atoms with Crippen molar-refractivity contribution in [2.75, 3.05) is 29.6 Å². The molecule has 140 valence electrons. The van der Waals surface area contributed by atoms with Gasteiger partial charge in [-0.1, -0.05) is 29.8 Å². The van der Waals surface area contributed by atoms with Gasteiger partial charge >= 0.3 is 0 Å². The number of hydrogen-bond donors (Lipinski definition) is 0. The largest absolute Gasteiger partial charge is 0.495 e. The van der Waals surface area contributed by atoms with Crippen LogP contribution < -0.4 is 13.9 Å². The predicted octanol–water partition coefficient (Wildman–Crippen LogP) is 3.17. The van der Waals surface area contributed by atoms with E-state index in [9.17, 15) is 13.2 Å². The molecule has 0 saturated heterocycles. The molecule has 0 bridgehead atoms. The van der Waals surface area contributed by atoms with Crippen LogP contribution in [-0.2, 0) is 14.8 Å². The lowest BCUT2D eigenvalue weighted by Crippen LogP contribution is -2.48. The van der Waals surface area contributed by atoms with E-state index in [1.54, 1.807) is 50.4 Å². The molecule has 0 fully saturated rings. The van der Waals surface area contributed by atoms with Crippen LogP contribution in [0.15, 0.2) is 48.5 Å². The molecule has 0 aromatic heterocycles. The summed E-state index contributed by atoms with van der Waals surface area (Å²) in [4.78, 5) is 14.3. The highest BCUT2D eigenvalue weighted by Crippen LogP contribution is 2.31. The molecule has 0 radical (unpaired) electrons. The number of amides is 1. The number of likely N-dealkylation sites (N-methyl/N-ethyl adjacent to an activating group) is 1. The van der Waals surface area contributed by atoms with E-state index >= 15 is 0 Å². The molecule has 1 amide bonds. The predicted molar refractivity (Wildman–Crippen MR) is 105 cm³/mol. The first-order chi connectivity index (χ1) is 12.2. The van der Waals surface area contributed by atoms with Gasteiger partial charge in [-0.25, -0.2) is 8.42 Å². The van der Waals surface area contributed by atoms with Crippen molar-refractivity contribution in [3.05, 3.63) is 53.6 Å². The maximum absolute atomic E-state index is 12.9. The van der Waals surface area contributed by atoms with E-state index < -0.39 is 16.1 Å². The quantitative estimate of drug-likeness (QED) is 0.752. The van der Waals surface area contributed by atoms with Gasteiger partial charge in [0.25, 0.3) is 0 Å². The van der Waals surface area contributed by atoms with E-state index in [0.29, 0.717) is 17.1 Å². The molecular weight excluding hydrogens is 376 g/mol.